The lowest BCUT2D eigenvalue weighted by molar-refractivity contribution is 0.408. The summed E-state index contributed by atoms with van der Waals surface area (Å²) in [5.41, 5.74) is 3.77. The summed E-state index contributed by atoms with van der Waals surface area (Å²) in [7, 11) is 0. The highest BCUT2D eigenvalue weighted by molar-refractivity contribution is 5.94. The predicted molar refractivity (Wildman–Crippen MR) is 81.7 cm³/mol. The zero-order valence-corrected chi connectivity index (χ0v) is 11.7. The Hall–Kier alpha value is -1.76. The summed E-state index contributed by atoms with van der Waals surface area (Å²) in [6.07, 6.45) is 6.21. The van der Waals surface area contributed by atoms with Crippen molar-refractivity contribution in [3.05, 3.63) is 48.2 Å². The van der Waals surface area contributed by atoms with Crippen LogP contribution in [0.4, 0.5) is 0 Å². The van der Waals surface area contributed by atoms with E-state index in [-0.39, 0.29) is 5.54 Å². The van der Waals surface area contributed by atoms with Crippen molar-refractivity contribution >= 4 is 23.1 Å². The molecule has 1 heteroatoms. The molecule has 1 aromatic carbocycles. The number of nitrogens with zero attached hydrogens (tertiary/aromatic N) is 1. The molecular formula is C17H21N. The summed E-state index contributed by atoms with van der Waals surface area (Å²) in [6, 6.07) is 8.55. The van der Waals surface area contributed by atoms with Gasteiger partial charge in [-0.25, -0.2) is 0 Å². The van der Waals surface area contributed by atoms with Crippen LogP contribution >= 0.6 is 0 Å². The Morgan fingerprint density at radius 3 is 2.39 bits per heavy atom. The van der Waals surface area contributed by atoms with Crippen molar-refractivity contribution in [2.75, 3.05) is 0 Å². The summed E-state index contributed by atoms with van der Waals surface area (Å²) >= 11 is 0. The molecule has 0 aliphatic carbocycles. The molecule has 94 valence electrons. The summed E-state index contributed by atoms with van der Waals surface area (Å²) < 4.78 is 2.37. The van der Waals surface area contributed by atoms with Gasteiger partial charge in [0, 0.05) is 27.7 Å². The van der Waals surface area contributed by atoms with Gasteiger partial charge in [0.05, 0.1) is 0 Å². The number of benzene rings is 1. The van der Waals surface area contributed by atoms with Crippen LogP contribution in [0.5, 0.6) is 0 Å². The molecule has 0 bridgehead atoms. The van der Waals surface area contributed by atoms with Gasteiger partial charge >= 0.3 is 0 Å². The number of allylic oxidation sites excluding steroid dienone is 1. The third-order valence-corrected chi connectivity index (χ3v) is 3.15. The third kappa shape index (κ3) is 1.90. The van der Waals surface area contributed by atoms with E-state index in [1.165, 1.54) is 22.2 Å². The molecule has 18 heavy (non-hydrogen) atoms. The maximum absolute atomic E-state index is 3.99. The highest BCUT2D eigenvalue weighted by atomic mass is 15.1. The Labute approximate surface area is 109 Å². The van der Waals surface area contributed by atoms with E-state index in [0.717, 1.165) is 0 Å². The van der Waals surface area contributed by atoms with Crippen molar-refractivity contribution in [1.82, 2.24) is 4.57 Å². The lowest BCUT2D eigenvalue weighted by Gasteiger charge is -2.25. The second kappa shape index (κ2) is 4.49. The molecule has 0 N–H and O–H groups in total. The minimum absolute atomic E-state index is 0.0446. The molecule has 0 aliphatic rings. The summed E-state index contributed by atoms with van der Waals surface area (Å²) in [5, 5.41) is 1.29. The number of para-hydroxylation sites is 1. The molecule has 0 atom stereocenters. The molecule has 1 nitrogen and oxygen atoms in total. The molecule has 0 spiro atoms. The fraction of sp³-hybridized carbons (Fsp3) is 0.294. The zero-order chi connectivity index (χ0) is 13.3. The van der Waals surface area contributed by atoms with Crippen LogP contribution < -0.4 is 0 Å². The van der Waals surface area contributed by atoms with Crippen LogP contribution in [0.2, 0.25) is 0 Å². The van der Waals surface area contributed by atoms with Crippen molar-refractivity contribution in [2.24, 2.45) is 0 Å². The predicted octanol–water partition coefficient (Wildman–Crippen LogP) is 5.07. The van der Waals surface area contributed by atoms with Gasteiger partial charge in [-0.05, 0) is 39.8 Å². The maximum Gasteiger partial charge on any atom is 0.0496 e. The largest absolute Gasteiger partial charge is 0.335 e. The molecule has 0 saturated carbocycles. The topological polar surface area (TPSA) is 4.93 Å². The highest BCUT2D eigenvalue weighted by Gasteiger charge is 2.21. The van der Waals surface area contributed by atoms with E-state index >= 15 is 0 Å². The summed E-state index contributed by atoms with van der Waals surface area (Å²) in [6.45, 7) is 12.7. The van der Waals surface area contributed by atoms with Gasteiger partial charge in [0.2, 0.25) is 0 Å². The van der Waals surface area contributed by atoms with Gasteiger partial charge in [0.1, 0.15) is 0 Å². The van der Waals surface area contributed by atoms with Crippen molar-refractivity contribution in [3.8, 4) is 0 Å². The number of hydrogen-bond donors (Lipinski definition) is 0. The second-order valence-corrected chi connectivity index (χ2v) is 5.53. The van der Waals surface area contributed by atoms with Crippen molar-refractivity contribution < 1.29 is 0 Å². The molecule has 0 unspecified atom stereocenters. The molecule has 2 rings (SSSR count). The van der Waals surface area contributed by atoms with Gasteiger partial charge in [-0.2, -0.15) is 0 Å². The van der Waals surface area contributed by atoms with E-state index < -0.39 is 0 Å². The van der Waals surface area contributed by atoms with E-state index in [4.69, 9.17) is 0 Å². The quantitative estimate of drug-likeness (QED) is 0.689. The molecule has 0 saturated heterocycles. The van der Waals surface area contributed by atoms with Crippen molar-refractivity contribution in [3.63, 3.8) is 0 Å². The van der Waals surface area contributed by atoms with Gasteiger partial charge in [0.15, 0.2) is 0 Å². The number of hydrogen-bond acceptors (Lipinski definition) is 0. The first-order valence-corrected chi connectivity index (χ1v) is 6.39. The molecule has 1 aromatic heterocycles. The van der Waals surface area contributed by atoms with Crippen molar-refractivity contribution in [2.45, 2.75) is 33.2 Å². The smallest absolute Gasteiger partial charge is 0.0496 e. The lowest BCUT2D eigenvalue weighted by atomic mass is 10.1. The molecule has 0 radical (unpaired) electrons. The van der Waals surface area contributed by atoms with Crippen LogP contribution in [0, 0.1) is 0 Å². The van der Waals surface area contributed by atoms with E-state index in [9.17, 15) is 0 Å². The van der Waals surface area contributed by atoms with E-state index in [1.54, 1.807) is 0 Å². The van der Waals surface area contributed by atoms with Gasteiger partial charge in [0.25, 0.3) is 0 Å². The Bertz CT molecular complexity index is 606. The first-order chi connectivity index (χ1) is 8.50. The van der Waals surface area contributed by atoms with Crippen LogP contribution in [0.3, 0.4) is 0 Å². The van der Waals surface area contributed by atoms with Gasteiger partial charge < -0.3 is 4.57 Å². The standard InChI is InChI=1S/C17H21N/c1-6-10-13-14-11-8-9-12-16(14)18(15(13)7-2)17(3,4)5/h6-12H,2H2,1,3-5H3/b10-6-. The van der Waals surface area contributed by atoms with Gasteiger partial charge in [-0.3, -0.25) is 0 Å². The molecule has 0 aliphatic heterocycles. The molecular weight excluding hydrogens is 218 g/mol. The van der Waals surface area contributed by atoms with Crippen LogP contribution in [0.1, 0.15) is 39.0 Å². The molecule has 1 heterocycles. The summed E-state index contributed by atoms with van der Waals surface area (Å²) in [4.78, 5) is 0. The number of aromatic nitrogens is 1. The Balaban J connectivity index is 2.96. The normalized spacial score (nSPS) is 12.4. The Kier molecular flexibility index (Phi) is 3.16. The minimum Gasteiger partial charge on any atom is -0.335 e. The fourth-order valence-electron chi connectivity index (χ4n) is 2.55. The summed E-state index contributed by atoms with van der Waals surface area (Å²) in [5.74, 6) is 0. The lowest BCUT2D eigenvalue weighted by Crippen LogP contribution is -2.22. The SMILES string of the molecule is C=Cc1c(/C=C\C)c2ccccc2n1C(C)(C)C. The van der Waals surface area contributed by atoms with Gasteiger partial charge in [-0.15, -0.1) is 0 Å². The monoisotopic (exact) mass is 239 g/mol. The van der Waals surface area contributed by atoms with Crippen LogP contribution in [0.25, 0.3) is 23.1 Å². The zero-order valence-electron chi connectivity index (χ0n) is 11.7. The number of fused-ring (bicyclic) bond motifs is 1. The molecule has 0 amide bonds. The van der Waals surface area contributed by atoms with E-state index in [1.807, 2.05) is 6.08 Å². The number of rotatable bonds is 2. The van der Waals surface area contributed by atoms with E-state index in [2.05, 4.69) is 75.3 Å². The highest BCUT2D eigenvalue weighted by Crippen LogP contribution is 2.33. The fourth-order valence-corrected chi connectivity index (χ4v) is 2.55. The first kappa shape index (κ1) is 12.7. The third-order valence-electron chi connectivity index (χ3n) is 3.15. The average molecular weight is 239 g/mol. The average Bonchev–Trinajstić information content (AvgIpc) is 2.64. The Morgan fingerprint density at radius 1 is 1.17 bits per heavy atom. The first-order valence-electron chi connectivity index (χ1n) is 6.39. The van der Waals surface area contributed by atoms with E-state index in [0.29, 0.717) is 0 Å². The van der Waals surface area contributed by atoms with Gasteiger partial charge in [-0.1, -0.05) is 36.9 Å². The molecule has 2 aromatic rings. The second-order valence-electron chi connectivity index (χ2n) is 5.53. The molecule has 0 fully saturated rings. The van der Waals surface area contributed by atoms with Crippen LogP contribution in [0.15, 0.2) is 36.9 Å². The van der Waals surface area contributed by atoms with Crippen molar-refractivity contribution in [1.29, 1.82) is 0 Å². The maximum atomic E-state index is 3.99. The Morgan fingerprint density at radius 2 is 1.83 bits per heavy atom. The van der Waals surface area contributed by atoms with Crippen LogP contribution in [-0.2, 0) is 5.54 Å². The van der Waals surface area contributed by atoms with Crippen LogP contribution in [-0.4, -0.2) is 4.57 Å². The minimum atomic E-state index is 0.0446.